The van der Waals surface area contributed by atoms with Crippen molar-refractivity contribution in [3.63, 3.8) is 0 Å². The van der Waals surface area contributed by atoms with Gasteiger partial charge in [-0.1, -0.05) is 27.7 Å². The first-order valence-electron chi connectivity index (χ1n) is 5.53. The van der Waals surface area contributed by atoms with E-state index in [1.807, 2.05) is 0 Å². The molecule has 1 aliphatic rings. The number of hydrogen-bond acceptors (Lipinski definition) is 2. The summed E-state index contributed by atoms with van der Waals surface area (Å²) in [4.78, 5) is 22.2. The summed E-state index contributed by atoms with van der Waals surface area (Å²) in [6.07, 6.45) is 0.146. The highest BCUT2D eigenvalue weighted by atomic mass is 16.4. The molecular formula is C12H20O3. The summed E-state index contributed by atoms with van der Waals surface area (Å²) < 4.78 is 0. The number of aliphatic carboxylic acids is 1. The van der Waals surface area contributed by atoms with E-state index in [1.54, 1.807) is 0 Å². The molecule has 0 amide bonds. The molecule has 1 aliphatic carbocycles. The van der Waals surface area contributed by atoms with Crippen LogP contribution in [0.1, 0.15) is 40.5 Å². The Kier molecular flexibility index (Phi) is 3.22. The Hall–Kier alpha value is -0.860. The smallest absolute Gasteiger partial charge is 0.303 e. The number of rotatable bonds is 4. The second-order valence-electron chi connectivity index (χ2n) is 5.31. The molecule has 0 aromatic heterocycles. The molecular weight excluding hydrogens is 192 g/mol. The van der Waals surface area contributed by atoms with Gasteiger partial charge >= 0.3 is 5.97 Å². The molecule has 3 atom stereocenters. The number of carbonyl (C=O) groups is 2. The van der Waals surface area contributed by atoms with E-state index in [-0.39, 0.29) is 30.0 Å². The van der Waals surface area contributed by atoms with Crippen molar-refractivity contribution in [2.24, 2.45) is 23.2 Å². The first-order valence-corrected chi connectivity index (χ1v) is 5.53. The van der Waals surface area contributed by atoms with Gasteiger partial charge in [-0.3, -0.25) is 9.59 Å². The number of carboxylic acid groups (broad SMARTS) is 1. The van der Waals surface area contributed by atoms with Crippen LogP contribution in [0, 0.1) is 23.2 Å². The van der Waals surface area contributed by atoms with E-state index in [2.05, 4.69) is 27.7 Å². The van der Waals surface area contributed by atoms with Crippen LogP contribution in [0.2, 0.25) is 0 Å². The molecule has 0 bridgehead atoms. The molecule has 15 heavy (non-hydrogen) atoms. The zero-order chi connectivity index (χ0) is 11.8. The lowest BCUT2D eigenvalue weighted by Crippen LogP contribution is -2.54. The first-order chi connectivity index (χ1) is 6.78. The van der Waals surface area contributed by atoms with Gasteiger partial charge in [0.05, 0.1) is 6.42 Å². The minimum absolute atomic E-state index is 0.0352. The maximum Gasteiger partial charge on any atom is 0.303 e. The normalized spacial score (nSPS) is 33.2. The molecule has 0 aliphatic heterocycles. The van der Waals surface area contributed by atoms with Gasteiger partial charge in [-0.05, 0) is 17.3 Å². The van der Waals surface area contributed by atoms with Crippen LogP contribution in [0.15, 0.2) is 0 Å². The number of carboxylic acids is 1. The predicted molar refractivity (Wildman–Crippen MR) is 57.5 cm³/mol. The molecule has 0 heterocycles. The zero-order valence-electron chi connectivity index (χ0n) is 9.91. The molecule has 1 saturated carbocycles. The third-order valence-electron chi connectivity index (χ3n) is 4.22. The lowest BCUT2D eigenvalue weighted by Gasteiger charge is -2.55. The Morgan fingerprint density at radius 1 is 1.20 bits per heavy atom. The van der Waals surface area contributed by atoms with E-state index in [1.165, 1.54) is 0 Å². The fraction of sp³-hybridized carbons (Fsp3) is 0.833. The first kappa shape index (κ1) is 12.2. The van der Waals surface area contributed by atoms with Gasteiger partial charge in [0.1, 0.15) is 5.78 Å². The Morgan fingerprint density at radius 2 is 1.73 bits per heavy atom. The Labute approximate surface area is 90.9 Å². The van der Waals surface area contributed by atoms with Crippen molar-refractivity contribution in [3.8, 4) is 0 Å². The third-order valence-corrected chi connectivity index (χ3v) is 4.22. The molecule has 0 aromatic carbocycles. The topological polar surface area (TPSA) is 54.4 Å². The van der Waals surface area contributed by atoms with Crippen LogP contribution in [0.5, 0.6) is 0 Å². The largest absolute Gasteiger partial charge is 0.481 e. The van der Waals surface area contributed by atoms with Crippen molar-refractivity contribution in [2.45, 2.75) is 40.5 Å². The minimum atomic E-state index is -0.888. The lowest BCUT2D eigenvalue weighted by atomic mass is 9.48. The Morgan fingerprint density at radius 3 is 2.13 bits per heavy atom. The van der Waals surface area contributed by atoms with Crippen LogP contribution >= 0.6 is 0 Å². The average molecular weight is 212 g/mol. The highest BCUT2D eigenvalue weighted by Crippen LogP contribution is 2.55. The van der Waals surface area contributed by atoms with Crippen molar-refractivity contribution < 1.29 is 14.7 Å². The van der Waals surface area contributed by atoms with E-state index in [9.17, 15) is 9.59 Å². The van der Waals surface area contributed by atoms with Crippen LogP contribution in [0.25, 0.3) is 0 Å². The highest BCUT2D eigenvalue weighted by Gasteiger charge is 2.54. The van der Waals surface area contributed by atoms with E-state index < -0.39 is 5.97 Å². The lowest BCUT2D eigenvalue weighted by molar-refractivity contribution is -0.150. The zero-order valence-corrected chi connectivity index (χ0v) is 9.91. The van der Waals surface area contributed by atoms with Crippen molar-refractivity contribution in [3.05, 3.63) is 0 Å². The quantitative estimate of drug-likeness (QED) is 0.778. The predicted octanol–water partition coefficient (Wildman–Crippen LogP) is 2.35. The summed E-state index contributed by atoms with van der Waals surface area (Å²) in [7, 11) is 0. The van der Waals surface area contributed by atoms with Gasteiger partial charge < -0.3 is 5.11 Å². The number of ketones is 1. The summed E-state index contributed by atoms with van der Waals surface area (Å²) in [6, 6.07) is 0. The van der Waals surface area contributed by atoms with Gasteiger partial charge in [0.2, 0.25) is 0 Å². The van der Waals surface area contributed by atoms with Gasteiger partial charge in [0.25, 0.3) is 0 Å². The van der Waals surface area contributed by atoms with Crippen LogP contribution in [-0.2, 0) is 9.59 Å². The van der Waals surface area contributed by atoms with Crippen LogP contribution < -0.4 is 0 Å². The number of carbonyl (C=O) groups excluding carboxylic acids is 1. The van der Waals surface area contributed by atoms with Crippen LogP contribution in [0.3, 0.4) is 0 Å². The average Bonchev–Trinajstić information content (AvgIpc) is 2.13. The van der Waals surface area contributed by atoms with E-state index in [0.717, 1.165) is 0 Å². The Balaban J connectivity index is 2.57. The van der Waals surface area contributed by atoms with Crippen LogP contribution in [-0.4, -0.2) is 16.9 Å². The Bertz CT molecular complexity index is 281. The highest BCUT2D eigenvalue weighted by molar-refractivity contribution is 5.86. The summed E-state index contributed by atoms with van der Waals surface area (Å²) >= 11 is 0. The molecule has 1 N–H and O–H groups in total. The maximum absolute atomic E-state index is 11.8. The van der Waals surface area contributed by atoms with Crippen molar-refractivity contribution in [1.29, 1.82) is 0 Å². The summed E-state index contributed by atoms with van der Waals surface area (Å²) in [6.45, 7) is 8.44. The summed E-state index contributed by atoms with van der Waals surface area (Å²) in [5, 5.41) is 8.53. The molecule has 0 spiro atoms. The molecule has 86 valence electrons. The van der Waals surface area contributed by atoms with Crippen molar-refractivity contribution in [1.82, 2.24) is 0 Å². The molecule has 0 radical (unpaired) electrons. The molecule has 3 unspecified atom stereocenters. The van der Waals surface area contributed by atoms with Crippen LogP contribution in [0.4, 0.5) is 0 Å². The number of hydrogen-bond donors (Lipinski definition) is 1. The van der Waals surface area contributed by atoms with Gasteiger partial charge in [-0.2, -0.15) is 0 Å². The minimum Gasteiger partial charge on any atom is -0.481 e. The van der Waals surface area contributed by atoms with Crippen molar-refractivity contribution >= 4 is 11.8 Å². The number of Topliss-reactive ketones (excluding diaryl/α,β-unsaturated/α-hetero) is 1. The standard InChI is InChI=1S/C12H20O3/c1-7-8(2)12(3,4)11(7)9(13)5-6-10(14)15/h7-8,11H,5-6H2,1-4H3,(H,14,15). The SMILES string of the molecule is CC1C(C)C(C)(C)C1C(=O)CCC(=O)O. The molecule has 3 heteroatoms. The van der Waals surface area contributed by atoms with Gasteiger partial charge in [-0.25, -0.2) is 0 Å². The third kappa shape index (κ3) is 2.06. The van der Waals surface area contributed by atoms with Gasteiger partial charge in [0, 0.05) is 12.3 Å². The molecule has 0 saturated heterocycles. The molecule has 0 aromatic rings. The molecule has 1 fully saturated rings. The van der Waals surface area contributed by atoms with E-state index in [4.69, 9.17) is 5.11 Å². The molecule has 1 rings (SSSR count). The summed E-state index contributed by atoms with van der Waals surface area (Å²) in [5.74, 6) is 0.207. The fourth-order valence-corrected chi connectivity index (χ4v) is 2.90. The van der Waals surface area contributed by atoms with Crippen molar-refractivity contribution in [2.75, 3.05) is 0 Å². The molecule has 3 nitrogen and oxygen atoms in total. The summed E-state index contributed by atoms with van der Waals surface area (Å²) in [5.41, 5.74) is 0.0367. The van der Waals surface area contributed by atoms with Gasteiger partial charge in [0.15, 0.2) is 0 Å². The second kappa shape index (κ2) is 3.95. The van der Waals surface area contributed by atoms with E-state index in [0.29, 0.717) is 11.8 Å². The second-order valence-corrected chi connectivity index (χ2v) is 5.31. The maximum atomic E-state index is 11.8. The fourth-order valence-electron chi connectivity index (χ4n) is 2.90. The van der Waals surface area contributed by atoms with E-state index >= 15 is 0 Å². The monoisotopic (exact) mass is 212 g/mol. The van der Waals surface area contributed by atoms with Gasteiger partial charge in [-0.15, -0.1) is 0 Å².